The summed E-state index contributed by atoms with van der Waals surface area (Å²) in [7, 11) is 0. The minimum Gasteiger partial charge on any atom is -0.373 e. The van der Waals surface area contributed by atoms with Crippen LogP contribution in [-0.2, 0) is 11.3 Å². The number of rotatable bonds is 4. The van der Waals surface area contributed by atoms with Crippen LogP contribution in [0.1, 0.15) is 82.5 Å². The third kappa shape index (κ3) is 4.28. The molecule has 0 radical (unpaired) electrons. The van der Waals surface area contributed by atoms with Gasteiger partial charge in [-0.25, -0.2) is 9.97 Å². The van der Waals surface area contributed by atoms with Gasteiger partial charge in [0.1, 0.15) is 5.82 Å². The number of nitrogens with zero attached hydrogens (tertiary/aromatic N) is 2. The molecule has 0 N–H and O–H groups in total. The predicted molar refractivity (Wildman–Crippen MR) is 88.6 cm³/mol. The van der Waals surface area contributed by atoms with Crippen molar-refractivity contribution in [2.45, 2.75) is 83.8 Å². The minimum atomic E-state index is 0.440. The molecule has 122 valence electrons. The van der Waals surface area contributed by atoms with Crippen LogP contribution in [0.5, 0.6) is 0 Å². The van der Waals surface area contributed by atoms with Crippen LogP contribution in [0.2, 0.25) is 0 Å². The van der Waals surface area contributed by atoms with Gasteiger partial charge >= 0.3 is 0 Å². The van der Waals surface area contributed by atoms with Gasteiger partial charge in [-0.15, -0.1) is 0 Å². The van der Waals surface area contributed by atoms with Gasteiger partial charge in [0.2, 0.25) is 0 Å². The van der Waals surface area contributed by atoms with E-state index in [4.69, 9.17) is 4.74 Å². The smallest absolute Gasteiger partial charge is 0.131 e. The molecule has 0 atom stereocenters. The summed E-state index contributed by atoms with van der Waals surface area (Å²) < 4.78 is 6.04. The molecular formula is C19H30N2O. The van der Waals surface area contributed by atoms with Gasteiger partial charge in [0, 0.05) is 23.9 Å². The van der Waals surface area contributed by atoms with E-state index in [1.165, 1.54) is 51.4 Å². The molecule has 3 nitrogen and oxygen atoms in total. The first kappa shape index (κ1) is 15.9. The first-order valence-corrected chi connectivity index (χ1v) is 9.13. The Kier molecular flexibility index (Phi) is 5.46. The summed E-state index contributed by atoms with van der Waals surface area (Å²) in [6, 6.07) is 0. The Bertz CT molecular complexity index is 443. The highest BCUT2D eigenvalue weighted by molar-refractivity contribution is 5.07. The summed E-state index contributed by atoms with van der Waals surface area (Å²) in [5.41, 5.74) is 1.12. The lowest BCUT2D eigenvalue weighted by Gasteiger charge is -2.26. The first-order chi connectivity index (χ1) is 10.7. The van der Waals surface area contributed by atoms with Crippen LogP contribution in [0.15, 0.2) is 12.4 Å². The number of ether oxygens (including phenoxy) is 1. The Balaban J connectivity index is 1.47. The predicted octanol–water partition coefficient (Wildman–Crippen LogP) is 4.87. The molecule has 2 saturated carbocycles. The van der Waals surface area contributed by atoms with Crippen molar-refractivity contribution in [1.29, 1.82) is 0 Å². The van der Waals surface area contributed by atoms with E-state index >= 15 is 0 Å². The molecule has 3 heteroatoms. The van der Waals surface area contributed by atoms with Gasteiger partial charge in [-0.1, -0.05) is 26.7 Å². The summed E-state index contributed by atoms with van der Waals surface area (Å²) in [4.78, 5) is 9.22. The zero-order valence-electron chi connectivity index (χ0n) is 14.1. The van der Waals surface area contributed by atoms with Crippen LogP contribution in [0.3, 0.4) is 0 Å². The average Bonchev–Trinajstić information content (AvgIpc) is 2.56. The summed E-state index contributed by atoms with van der Waals surface area (Å²) in [5.74, 6) is 3.37. The normalized spacial score (nSPS) is 32.8. The maximum Gasteiger partial charge on any atom is 0.131 e. The number of aromatic nitrogens is 2. The molecule has 1 aromatic rings. The fourth-order valence-electron chi connectivity index (χ4n) is 3.78. The molecule has 2 fully saturated rings. The van der Waals surface area contributed by atoms with Crippen molar-refractivity contribution >= 4 is 0 Å². The van der Waals surface area contributed by atoms with Crippen molar-refractivity contribution < 1.29 is 4.74 Å². The molecule has 1 aromatic heterocycles. The third-order valence-corrected chi connectivity index (χ3v) is 5.55. The molecular weight excluding hydrogens is 272 g/mol. The van der Waals surface area contributed by atoms with Gasteiger partial charge in [0.25, 0.3) is 0 Å². The van der Waals surface area contributed by atoms with E-state index < -0.39 is 0 Å². The second-order valence-electron chi connectivity index (χ2n) is 7.60. The quantitative estimate of drug-likeness (QED) is 0.796. The zero-order chi connectivity index (χ0) is 15.4. The Morgan fingerprint density at radius 3 is 2.00 bits per heavy atom. The highest BCUT2D eigenvalue weighted by atomic mass is 16.5. The van der Waals surface area contributed by atoms with Gasteiger partial charge in [-0.3, -0.25) is 0 Å². The van der Waals surface area contributed by atoms with Crippen molar-refractivity contribution in [3.63, 3.8) is 0 Å². The molecule has 2 aliphatic rings. The summed E-state index contributed by atoms with van der Waals surface area (Å²) in [6.07, 6.45) is 14.6. The Morgan fingerprint density at radius 2 is 1.41 bits per heavy atom. The SMILES string of the molecule is CC1CCC(OCc2cnc(C3CCC(C)CC3)nc2)CC1. The van der Waals surface area contributed by atoms with Crippen LogP contribution < -0.4 is 0 Å². The highest BCUT2D eigenvalue weighted by Gasteiger charge is 2.22. The van der Waals surface area contributed by atoms with Crippen molar-refractivity contribution in [2.24, 2.45) is 11.8 Å². The van der Waals surface area contributed by atoms with Crippen LogP contribution >= 0.6 is 0 Å². The van der Waals surface area contributed by atoms with E-state index in [9.17, 15) is 0 Å². The van der Waals surface area contributed by atoms with E-state index in [-0.39, 0.29) is 0 Å². The average molecular weight is 302 g/mol. The van der Waals surface area contributed by atoms with Crippen molar-refractivity contribution in [1.82, 2.24) is 9.97 Å². The van der Waals surface area contributed by atoms with E-state index in [2.05, 4.69) is 23.8 Å². The lowest BCUT2D eigenvalue weighted by molar-refractivity contribution is 0.00851. The molecule has 0 aliphatic heterocycles. The molecule has 2 aliphatic carbocycles. The van der Waals surface area contributed by atoms with Crippen LogP contribution in [-0.4, -0.2) is 16.1 Å². The van der Waals surface area contributed by atoms with Crippen molar-refractivity contribution in [3.05, 3.63) is 23.8 Å². The van der Waals surface area contributed by atoms with Crippen LogP contribution in [0.4, 0.5) is 0 Å². The second kappa shape index (κ2) is 7.54. The summed E-state index contributed by atoms with van der Waals surface area (Å²) in [6.45, 7) is 5.36. The molecule has 0 unspecified atom stereocenters. The molecule has 0 spiro atoms. The Labute approximate surface area is 134 Å². The van der Waals surface area contributed by atoms with Crippen LogP contribution in [0, 0.1) is 11.8 Å². The molecule has 0 bridgehead atoms. The second-order valence-corrected chi connectivity index (χ2v) is 7.60. The first-order valence-electron chi connectivity index (χ1n) is 9.13. The standard InChI is InChI=1S/C19H30N2O/c1-14-3-7-17(8-4-14)19-20-11-16(12-21-19)13-22-18-9-5-15(2)6-10-18/h11-12,14-15,17-18H,3-10,13H2,1-2H3. The number of hydrogen-bond acceptors (Lipinski definition) is 3. The van der Waals surface area contributed by atoms with E-state index in [0.717, 1.165) is 23.2 Å². The van der Waals surface area contributed by atoms with E-state index in [1.54, 1.807) is 0 Å². The third-order valence-electron chi connectivity index (χ3n) is 5.55. The minimum absolute atomic E-state index is 0.440. The van der Waals surface area contributed by atoms with Gasteiger partial charge in [0.15, 0.2) is 0 Å². The molecule has 3 rings (SSSR count). The molecule has 0 aromatic carbocycles. The van der Waals surface area contributed by atoms with E-state index in [1.807, 2.05) is 12.4 Å². The van der Waals surface area contributed by atoms with Gasteiger partial charge in [0.05, 0.1) is 12.7 Å². The summed E-state index contributed by atoms with van der Waals surface area (Å²) >= 11 is 0. The fourth-order valence-corrected chi connectivity index (χ4v) is 3.78. The van der Waals surface area contributed by atoms with Gasteiger partial charge < -0.3 is 4.74 Å². The van der Waals surface area contributed by atoms with E-state index in [0.29, 0.717) is 18.6 Å². The Hall–Kier alpha value is -0.960. The maximum absolute atomic E-state index is 6.04. The zero-order valence-corrected chi connectivity index (χ0v) is 14.1. The van der Waals surface area contributed by atoms with Crippen LogP contribution in [0.25, 0.3) is 0 Å². The van der Waals surface area contributed by atoms with Gasteiger partial charge in [-0.2, -0.15) is 0 Å². The summed E-state index contributed by atoms with van der Waals surface area (Å²) in [5, 5.41) is 0. The fraction of sp³-hybridized carbons (Fsp3) is 0.789. The molecule has 0 amide bonds. The van der Waals surface area contributed by atoms with Gasteiger partial charge in [-0.05, 0) is 50.4 Å². The van der Waals surface area contributed by atoms with Crippen molar-refractivity contribution in [2.75, 3.05) is 0 Å². The largest absolute Gasteiger partial charge is 0.373 e. The molecule has 1 heterocycles. The lowest BCUT2D eigenvalue weighted by atomic mass is 9.82. The molecule has 22 heavy (non-hydrogen) atoms. The number of hydrogen-bond donors (Lipinski definition) is 0. The lowest BCUT2D eigenvalue weighted by Crippen LogP contribution is -2.20. The topological polar surface area (TPSA) is 35.0 Å². The monoisotopic (exact) mass is 302 g/mol. The Morgan fingerprint density at radius 1 is 0.864 bits per heavy atom. The maximum atomic E-state index is 6.04. The van der Waals surface area contributed by atoms with Crippen molar-refractivity contribution in [3.8, 4) is 0 Å². The highest BCUT2D eigenvalue weighted by Crippen LogP contribution is 2.33. The molecule has 0 saturated heterocycles.